The first-order chi connectivity index (χ1) is 7.19. The Bertz CT molecular complexity index is 276. The van der Waals surface area contributed by atoms with Crippen LogP contribution in [0.25, 0.3) is 0 Å². The van der Waals surface area contributed by atoms with Crippen molar-refractivity contribution in [3.8, 4) is 0 Å². The van der Waals surface area contributed by atoms with Gasteiger partial charge in [-0.15, -0.1) is 0 Å². The predicted octanol–water partition coefficient (Wildman–Crippen LogP) is 1.24. The van der Waals surface area contributed by atoms with Gasteiger partial charge in [-0.25, -0.2) is 4.98 Å². The average molecular weight is 210 g/mol. The number of likely N-dealkylation sites (N-methyl/N-ethyl adjacent to an activating group) is 1. The molecule has 1 aromatic rings. The standard InChI is InChI=1S/C11H22N4/c1-4-14(5-2)6-7-15-9-13-8-11(15)10(3)12/h8-10H,4-7,12H2,1-3H3/t10-/m1/s1. The van der Waals surface area contributed by atoms with Gasteiger partial charge in [0.1, 0.15) is 0 Å². The highest BCUT2D eigenvalue weighted by molar-refractivity contribution is 5.03. The van der Waals surface area contributed by atoms with E-state index in [-0.39, 0.29) is 6.04 Å². The van der Waals surface area contributed by atoms with Crippen molar-refractivity contribution in [3.05, 3.63) is 18.2 Å². The number of hydrogen-bond acceptors (Lipinski definition) is 3. The van der Waals surface area contributed by atoms with Crippen molar-refractivity contribution < 1.29 is 0 Å². The largest absolute Gasteiger partial charge is 0.332 e. The normalized spacial score (nSPS) is 13.4. The molecular weight excluding hydrogens is 188 g/mol. The van der Waals surface area contributed by atoms with Crippen LogP contribution in [0, 0.1) is 0 Å². The molecule has 4 heteroatoms. The lowest BCUT2D eigenvalue weighted by Gasteiger charge is -2.19. The van der Waals surface area contributed by atoms with Crippen LogP contribution in [-0.4, -0.2) is 34.1 Å². The summed E-state index contributed by atoms with van der Waals surface area (Å²) in [5.74, 6) is 0. The lowest BCUT2D eigenvalue weighted by atomic mass is 10.3. The van der Waals surface area contributed by atoms with Gasteiger partial charge in [-0.3, -0.25) is 0 Å². The van der Waals surface area contributed by atoms with Crippen molar-refractivity contribution in [1.82, 2.24) is 14.5 Å². The monoisotopic (exact) mass is 210 g/mol. The summed E-state index contributed by atoms with van der Waals surface area (Å²) in [5, 5.41) is 0. The van der Waals surface area contributed by atoms with Gasteiger partial charge in [-0.2, -0.15) is 0 Å². The van der Waals surface area contributed by atoms with E-state index in [1.807, 2.05) is 19.4 Å². The van der Waals surface area contributed by atoms with Crippen molar-refractivity contribution in [2.75, 3.05) is 19.6 Å². The fourth-order valence-corrected chi connectivity index (χ4v) is 1.69. The van der Waals surface area contributed by atoms with Crippen molar-refractivity contribution >= 4 is 0 Å². The number of nitrogens with two attached hydrogens (primary N) is 1. The van der Waals surface area contributed by atoms with E-state index in [9.17, 15) is 0 Å². The molecule has 1 atom stereocenters. The van der Waals surface area contributed by atoms with E-state index in [2.05, 4.69) is 28.3 Å². The SMILES string of the molecule is CCN(CC)CCn1cncc1[C@@H](C)N. The number of hydrogen-bond donors (Lipinski definition) is 1. The Labute approximate surface area is 92.1 Å². The Balaban J connectivity index is 2.53. The van der Waals surface area contributed by atoms with E-state index in [1.165, 1.54) is 0 Å². The summed E-state index contributed by atoms with van der Waals surface area (Å²) >= 11 is 0. The molecule has 4 nitrogen and oxygen atoms in total. The Morgan fingerprint density at radius 3 is 2.67 bits per heavy atom. The zero-order valence-corrected chi connectivity index (χ0v) is 9.98. The zero-order valence-electron chi connectivity index (χ0n) is 9.98. The van der Waals surface area contributed by atoms with Crippen LogP contribution in [0.1, 0.15) is 32.5 Å². The van der Waals surface area contributed by atoms with Crippen LogP contribution in [0.2, 0.25) is 0 Å². The van der Waals surface area contributed by atoms with Crippen molar-refractivity contribution in [3.63, 3.8) is 0 Å². The summed E-state index contributed by atoms with van der Waals surface area (Å²) in [6, 6.07) is 0.0594. The van der Waals surface area contributed by atoms with Crippen LogP contribution in [0.5, 0.6) is 0 Å². The third-order valence-electron chi connectivity index (χ3n) is 2.76. The Morgan fingerprint density at radius 2 is 2.13 bits per heavy atom. The van der Waals surface area contributed by atoms with Gasteiger partial charge in [0.2, 0.25) is 0 Å². The number of rotatable bonds is 6. The summed E-state index contributed by atoms with van der Waals surface area (Å²) < 4.78 is 2.14. The van der Waals surface area contributed by atoms with Crippen LogP contribution >= 0.6 is 0 Å². The highest BCUT2D eigenvalue weighted by Crippen LogP contribution is 2.08. The first-order valence-electron chi connectivity index (χ1n) is 5.67. The maximum absolute atomic E-state index is 5.86. The van der Waals surface area contributed by atoms with Crippen LogP contribution in [0.4, 0.5) is 0 Å². The average Bonchev–Trinajstić information content (AvgIpc) is 2.67. The molecule has 0 spiro atoms. The highest BCUT2D eigenvalue weighted by Gasteiger charge is 2.07. The minimum Gasteiger partial charge on any atom is -0.332 e. The predicted molar refractivity (Wildman–Crippen MR) is 62.6 cm³/mol. The van der Waals surface area contributed by atoms with Gasteiger partial charge in [0.25, 0.3) is 0 Å². The second-order valence-corrected chi connectivity index (χ2v) is 3.83. The molecule has 0 saturated carbocycles. The van der Waals surface area contributed by atoms with E-state index in [0.717, 1.165) is 31.9 Å². The van der Waals surface area contributed by atoms with E-state index in [1.54, 1.807) is 0 Å². The molecule has 0 unspecified atom stereocenters. The maximum Gasteiger partial charge on any atom is 0.0949 e. The van der Waals surface area contributed by atoms with Crippen LogP contribution < -0.4 is 5.73 Å². The fraction of sp³-hybridized carbons (Fsp3) is 0.727. The van der Waals surface area contributed by atoms with Crippen molar-refractivity contribution in [1.29, 1.82) is 0 Å². The van der Waals surface area contributed by atoms with Crippen molar-refractivity contribution in [2.24, 2.45) is 5.73 Å². The number of aromatic nitrogens is 2. The lowest BCUT2D eigenvalue weighted by molar-refractivity contribution is 0.288. The number of nitrogens with zero attached hydrogens (tertiary/aromatic N) is 3. The summed E-state index contributed by atoms with van der Waals surface area (Å²) in [4.78, 5) is 6.53. The molecule has 2 N–H and O–H groups in total. The molecular formula is C11H22N4. The second-order valence-electron chi connectivity index (χ2n) is 3.83. The minimum atomic E-state index is 0.0594. The number of imidazole rings is 1. The van der Waals surface area contributed by atoms with Gasteiger partial charge in [0.15, 0.2) is 0 Å². The van der Waals surface area contributed by atoms with Gasteiger partial charge < -0.3 is 15.2 Å². The molecule has 1 rings (SSSR count). The van der Waals surface area contributed by atoms with Gasteiger partial charge in [-0.05, 0) is 20.0 Å². The molecule has 0 saturated heterocycles. The summed E-state index contributed by atoms with van der Waals surface area (Å²) in [6.45, 7) is 10.6. The lowest BCUT2D eigenvalue weighted by Crippen LogP contribution is -2.27. The molecule has 15 heavy (non-hydrogen) atoms. The molecule has 0 fully saturated rings. The zero-order chi connectivity index (χ0) is 11.3. The molecule has 0 bridgehead atoms. The maximum atomic E-state index is 5.86. The Morgan fingerprint density at radius 1 is 1.47 bits per heavy atom. The van der Waals surface area contributed by atoms with Crippen molar-refractivity contribution in [2.45, 2.75) is 33.4 Å². The van der Waals surface area contributed by atoms with Crippen LogP contribution in [0.3, 0.4) is 0 Å². The first-order valence-corrected chi connectivity index (χ1v) is 5.67. The Kier molecular flexibility index (Phi) is 4.78. The summed E-state index contributed by atoms with van der Waals surface area (Å²) in [6.07, 6.45) is 3.72. The summed E-state index contributed by atoms with van der Waals surface area (Å²) in [7, 11) is 0. The van der Waals surface area contributed by atoms with Gasteiger partial charge in [-0.1, -0.05) is 13.8 Å². The highest BCUT2D eigenvalue weighted by atomic mass is 15.2. The third kappa shape index (κ3) is 3.32. The van der Waals surface area contributed by atoms with Gasteiger partial charge in [0.05, 0.1) is 12.0 Å². The molecule has 86 valence electrons. The van der Waals surface area contributed by atoms with E-state index >= 15 is 0 Å². The minimum absolute atomic E-state index is 0.0594. The van der Waals surface area contributed by atoms with E-state index in [4.69, 9.17) is 5.73 Å². The molecule has 0 aliphatic heterocycles. The quantitative estimate of drug-likeness (QED) is 0.768. The fourth-order valence-electron chi connectivity index (χ4n) is 1.69. The first kappa shape index (κ1) is 12.2. The third-order valence-corrected chi connectivity index (χ3v) is 2.76. The van der Waals surface area contributed by atoms with Crippen LogP contribution in [0.15, 0.2) is 12.5 Å². The van der Waals surface area contributed by atoms with E-state index < -0.39 is 0 Å². The van der Waals surface area contributed by atoms with E-state index in [0.29, 0.717) is 0 Å². The molecule has 1 aromatic heterocycles. The van der Waals surface area contributed by atoms with Gasteiger partial charge in [0, 0.05) is 25.3 Å². The smallest absolute Gasteiger partial charge is 0.0949 e. The van der Waals surface area contributed by atoms with Gasteiger partial charge >= 0.3 is 0 Å². The molecule has 0 aromatic carbocycles. The second kappa shape index (κ2) is 5.88. The topological polar surface area (TPSA) is 47.1 Å². The molecule has 0 aliphatic carbocycles. The molecule has 0 aliphatic rings. The molecule has 0 radical (unpaired) electrons. The molecule has 1 heterocycles. The Hall–Kier alpha value is -0.870. The summed E-state index contributed by atoms with van der Waals surface area (Å²) in [5.41, 5.74) is 6.97. The van der Waals surface area contributed by atoms with Crippen LogP contribution in [-0.2, 0) is 6.54 Å². The molecule has 0 amide bonds.